The molecule has 0 aliphatic heterocycles. The van der Waals surface area contributed by atoms with Gasteiger partial charge in [0.05, 0.1) is 12.5 Å². The first-order chi connectivity index (χ1) is 14.1. The Bertz CT molecular complexity index is 1170. The lowest BCUT2D eigenvalue weighted by molar-refractivity contribution is 0.0956. The van der Waals surface area contributed by atoms with Crippen LogP contribution in [0.25, 0.3) is 22.1 Å². The lowest BCUT2D eigenvalue weighted by Crippen LogP contribution is -2.30. The normalized spacial score (nSPS) is 12.0. The average molecular weight is 405 g/mol. The van der Waals surface area contributed by atoms with Crippen molar-refractivity contribution in [3.63, 3.8) is 0 Å². The summed E-state index contributed by atoms with van der Waals surface area (Å²) in [7, 11) is 1.57. The van der Waals surface area contributed by atoms with Crippen LogP contribution in [0.3, 0.4) is 0 Å². The van der Waals surface area contributed by atoms with Crippen LogP contribution in [0.5, 0.6) is 5.75 Å². The molecule has 29 heavy (non-hydrogen) atoms. The summed E-state index contributed by atoms with van der Waals surface area (Å²) < 4.78 is 26.5. The highest BCUT2D eigenvalue weighted by Gasteiger charge is 2.24. The van der Waals surface area contributed by atoms with Gasteiger partial charge in [-0.2, -0.15) is 4.72 Å². The zero-order chi connectivity index (χ0) is 20.4. The molecule has 1 atom stereocenters. The van der Waals surface area contributed by atoms with E-state index in [2.05, 4.69) is 4.72 Å². The number of carbonyl (C=O) groups excluding carboxylic acids is 1. The highest BCUT2D eigenvalue weighted by Crippen LogP contribution is 2.31. The van der Waals surface area contributed by atoms with E-state index in [1.54, 1.807) is 25.3 Å². The van der Waals surface area contributed by atoms with E-state index in [0.717, 1.165) is 16.7 Å². The highest BCUT2D eigenvalue weighted by molar-refractivity contribution is 7.90. The minimum Gasteiger partial charge on any atom is -0.588 e. The van der Waals surface area contributed by atoms with Gasteiger partial charge in [0.2, 0.25) is 0 Å². The largest absolute Gasteiger partial charge is 0.588 e. The molecular formula is C23H19NO4S. The van der Waals surface area contributed by atoms with Crippen molar-refractivity contribution in [2.45, 2.75) is 11.8 Å². The smallest absolute Gasteiger partial charge is 0.328 e. The Balaban J connectivity index is 1.62. The lowest BCUT2D eigenvalue weighted by Gasteiger charge is -2.13. The van der Waals surface area contributed by atoms with E-state index in [9.17, 15) is 9.35 Å². The summed E-state index contributed by atoms with van der Waals surface area (Å²) in [5, 5.41) is 0.693. The van der Waals surface area contributed by atoms with Crippen molar-refractivity contribution in [3.05, 3.63) is 84.1 Å². The summed E-state index contributed by atoms with van der Waals surface area (Å²) in [6.45, 7) is 1.92. The standard InChI is InChI=1S/C23H19NO4S/c1-15-12-19(27-2)18-14-21(28-20(18)13-15)23(25)24-29(26)22-11-7-6-10-17(22)16-8-4-3-5-9-16/h3-14H,1-2H3,(H,24,25). The van der Waals surface area contributed by atoms with Crippen molar-refractivity contribution in [2.24, 2.45) is 0 Å². The minimum absolute atomic E-state index is 0.0782. The summed E-state index contributed by atoms with van der Waals surface area (Å²) in [4.78, 5) is 13.2. The van der Waals surface area contributed by atoms with Gasteiger partial charge in [-0.15, -0.1) is 0 Å². The summed E-state index contributed by atoms with van der Waals surface area (Å²) in [6.07, 6.45) is 0. The maximum Gasteiger partial charge on any atom is 0.328 e. The van der Waals surface area contributed by atoms with Crippen molar-refractivity contribution >= 4 is 28.2 Å². The van der Waals surface area contributed by atoms with Gasteiger partial charge in [0.15, 0.2) is 10.7 Å². The molecule has 0 fully saturated rings. The topological polar surface area (TPSA) is 74.5 Å². The summed E-state index contributed by atoms with van der Waals surface area (Å²) >= 11 is -1.75. The fraction of sp³-hybridized carbons (Fsp3) is 0.0870. The van der Waals surface area contributed by atoms with Gasteiger partial charge in [-0.1, -0.05) is 42.5 Å². The number of ether oxygens (including phenoxy) is 1. The molecule has 0 aliphatic rings. The first kappa shape index (κ1) is 19.1. The summed E-state index contributed by atoms with van der Waals surface area (Å²) in [5.74, 6) is 0.148. The zero-order valence-corrected chi connectivity index (χ0v) is 16.8. The Morgan fingerprint density at radius 2 is 1.76 bits per heavy atom. The van der Waals surface area contributed by atoms with Gasteiger partial charge in [-0.3, -0.25) is 4.79 Å². The molecule has 1 amide bonds. The van der Waals surface area contributed by atoms with Crippen molar-refractivity contribution in [3.8, 4) is 16.9 Å². The fourth-order valence-corrected chi connectivity index (χ4v) is 4.16. The quantitative estimate of drug-likeness (QED) is 0.481. The Morgan fingerprint density at radius 1 is 1.03 bits per heavy atom. The second kappa shape index (κ2) is 8.03. The number of hydrogen-bond donors (Lipinski definition) is 1. The lowest BCUT2D eigenvalue weighted by atomic mass is 10.1. The molecule has 1 N–H and O–H groups in total. The van der Waals surface area contributed by atoms with Crippen LogP contribution in [-0.2, 0) is 11.4 Å². The number of fused-ring (bicyclic) bond motifs is 1. The minimum atomic E-state index is -1.75. The van der Waals surface area contributed by atoms with Crippen LogP contribution in [0.15, 0.2) is 82.1 Å². The molecular weight excluding hydrogens is 386 g/mol. The molecule has 0 radical (unpaired) electrons. The number of methoxy groups -OCH3 is 1. The SMILES string of the molecule is COc1cc(C)cc2oc(C(=O)N[S+]([O-])c3ccccc3-c3ccccc3)cc12. The van der Waals surface area contributed by atoms with E-state index >= 15 is 0 Å². The third-order valence-corrected chi connectivity index (χ3v) is 5.67. The monoisotopic (exact) mass is 405 g/mol. The Labute approximate surface area is 171 Å². The second-order valence-electron chi connectivity index (χ2n) is 6.55. The number of furan rings is 1. The molecule has 0 aliphatic carbocycles. The molecule has 146 valence electrons. The van der Waals surface area contributed by atoms with E-state index in [1.807, 2.05) is 61.5 Å². The first-order valence-electron chi connectivity index (χ1n) is 9.02. The van der Waals surface area contributed by atoms with Gasteiger partial charge in [-0.05, 0) is 42.3 Å². The van der Waals surface area contributed by atoms with Crippen LogP contribution in [-0.4, -0.2) is 17.6 Å². The number of carbonyl (C=O) groups is 1. The van der Waals surface area contributed by atoms with Crippen molar-refractivity contribution in [1.29, 1.82) is 0 Å². The molecule has 0 saturated carbocycles. The number of rotatable bonds is 5. The Kier molecular flexibility index (Phi) is 5.29. The van der Waals surface area contributed by atoms with Gasteiger partial charge < -0.3 is 13.7 Å². The second-order valence-corrected chi connectivity index (χ2v) is 7.73. The molecule has 4 rings (SSSR count). The molecule has 1 unspecified atom stereocenters. The van der Waals surface area contributed by atoms with E-state index in [0.29, 0.717) is 21.6 Å². The number of aryl methyl sites for hydroxylation is 1. The molecule has 3 aromatic carbocycles. The Morgan fingerprint density at radius 3 is 2.52 bits per heavy atom. The summed E-state index contributed by atoms with van der Waals surface area (Å²) in [6, 6.07) is 22.2. The van der Waals surface area contributed by atoms with Crippen molar-refractivity contribution in [1.82, 2.24) is 4.72 Å². The predicted octanol–water partition coefficient (Wildman–Crippen LogP) is 4.87. The molecule has 6 heteroatoms. The van der Waals surface area contributed by atoms with Gasteiger partial charge in [0, 0.05) is 11.6 Å². The van der Waals surface area contributed by atoms with Crippen molar-refractivity contribution in [2.75, 3.05) is 7.11 Å². The Hall–Kier alpha value is -3.22. The van der Waals surface area contributed by atoms with Crippen LogP contribution in [0.4, 0.5) is 0 Å². The highest BCUT2D eigenvalue weighted by atomic mass is 32.2. The molecule has 5 nitrogen and oxygen atoms in total. The molecule has 1 heterocycles. The average Bonchev–Trinajstić information content (AvgIpc) is 3.18. The van der Waals surface area contributed by atoms with Crippen LogP contribution >= 0.6 is 0 Å². The number of amides is 1. The van der Waals surface area contributed by atoms with Gasteiger partial charge in [0.1, 0.15) is 22.7 Å². The van der Waals surface area contributed by atoms with Crippen molar-refractivity contribution < 1.29 is 18.5 Å². The van der Waals surface area contributed by atoms with Crippen LogP contribution in [0, 0.1) is 6.92 Å². The molecule has 0 bridgehead atoms. The zero-order valence-electron chi connectivity index (χ0n) is 16.0. The van der Waals surface area contributed by atoms with Gasteiger partial charge >= 0.3 is 5.91 Å². The molecule has 0 spiro atoms. The molecule has 1 aromatic heterocycles. The van der Waals surface area contributed by atoms with E-state index in [-0.39, 0.29) is 5.76 Å². The fourth-order valence-electron chi connectivity index (χ4n) is 3.19. The third kappa shape index (κ3) is 3.85. The maximum atomic E-state index is 12.9. The van der Waals surface area contributed by atoms with Crippen LogP contribution < -0.4 is 9.46 Å². The predicted molar refractivity (Wildman–Crippen MR) is 113 cm³/mol. The molecule has 0 saturated heterocycles. The van der Waals surface area contributed by atoms with Gasteiger partial charge in [0.25, 0.3) is 0 Å². The van der Waals surface area contributed by atoms with Gasteiger partial charge in [-0.25, -0.2) is 0 Å². The molecule has 4 aromatic rings. The van der Waals surface area contributed by atoms with E-state index in [1.165, 1.54) is 0 Å². The van der Waals surface area contributed by atoms with Crippen LogP contribution in [0.2, 0.25) is 0 Å². The van der Waals surface area contributed by atoms with Crippen LogP contribution in [0.1, 0.15) is 16.1 Å². The number of nitrogens with one attached hydrogen (secondary N) is 1. The summed E-state index contributed by atoms with van der Waals surface area (Å²) in [5.41, 5.74) is 3.22. The van der Waals surface area contributed by atoms with E-state index < -0.39 is 17.3 Å². The number of hydrogen-bond acceptors (Lipinski definition) is 4. The first-order valence-corrected chi connectivity index (χ1v) is 10.2. The third-order valence-electron chi connectivity index (χ3n) is 4.54. The maximum absolute atomic E-state index is 12.9. The number of benzene rings is 3. The van der Waals surface area contributed by atoms with E-state index in [4.69, 9.17) is 9.15 Å².